The standard InChI is InChI=1S/C20H28N2O7S/c1-27-18-7-6-16(30(25,26)22-8-4-2-3-5-9-22)14-17(18)20(24)29-15-19(23)21-10-12-28-13-11-21/h6-7,14H,2-5,8-13,15H2,1H3. The highest BCUT2D eigenvalue weighted by Gasteiger charge is 2.28. The van der Waals surface area contributed by atoms with Crippen molar-refractivity contribution in [3.05, 3.63) is 23.8 Å². The average molecular weight is 441 g/mol. The van der Waals surface area contributed by atoms with Crippen molar-refractivity contribution in [1.29, 1.82) is 0 Å². The van der Waals surface area contributed by atoms with Crippen LogP contribution in [-0.2, 0) is 24.3 Å². The van der Waals surface area contributed by atoms with E-state index < -0.39 is 22.6 Å². The zero-order valence-electron chi connectivity index (χ0n) is 17.2. The fourth-order valence-electron chi connectivity index (χ4n) is 3.55. The molecule has 2 saturated heterocycles. The van der Waals surface area contributed by atoms with E-state index in [0.29, 0.717) is 39.4 Å². The van der Waals surface area contributed by atoms with Gasteiger partial charge in [-0.1, -0.05) is 12.8 Å². The van der Waals surface area contributed by atoms with E-state index in [2.05, 4.69) is 0 Å². The van der Waals surface area contributed by atoms with E-state index in [4.69, 9.17) is 14.2 Å². The third-order valence-corrected chi connectivity index (χ3v) is 7.18. The largest absolute Gasteiger partial charge is 0.496 e. The topological polar surface area (TPSA) is 102 Å². The molecular formula is C20H28N2O7S. The van der Waals surface area contributed by atoms with Crippen LogP contribution in [0.5, 0.6) is 5.75 Å². The van der Waals surface area contributed by atoms with Crippen LogP contribution in [-0.4, -0.2) is 82.6 Å². The Bertz CT molecular complexity index is 858. The molecule has 1 amide bonds. The lowest BCUT2D eigenvalue weighted by molar-refractivity contribution is -0.138. The lowest BCUT2D eigenvalue weighted by Gasteiger charge is -2.26. The van der Waals surface area contributed by atoms with Gasteiger partial charge in [-0.25, -0.2) is 13.2 Å². The second-order valence-electron chi connectivity index (χ2n) is 7.25. The first-order valence-electron chi connectivity index (χ1n) is 10.1. The summed E-state index contributed by atoms with van der Waals surface area (Å²) in [6.07, 6.45) is 3.63. The van der Waals surface area contributed by atoms with Gasteiger partial charge in [-0.2, -0.15) is 4.31 Å². The second-order valence-corrected chi connectivity index (χ2v) is 9.19. The quantitative estimate of drug-likeness (QED) is 0.614. The number of hydrogen-bond donors (Lipinski definition) is 0. The van der Waals surface area contributed by atoms with Gasteiger partial charge in [0.2, 0.25) is 10.0 Å². The molecule has 0 bridgehead atoms. The Labute approximate surface area is 176 Å². The molecule has 0 spiro atoms. The Kier molecular flexibility index (Phi) is 7.68. The van der Waals surface area contributed by atoms with Crippen molar-refractivity contribution in [2.75, 3.05) is 53.1 Å². The molecule has 0 N–H and O–H groups in total. The minimum Gasteiger partial charge on any atom is -0.496 e. The second kappa shape index (κ2) is 10.2. The van der Waals surface area contributed by atoms with Crippen molar-refractivity contribution in [3.8, 4) is 5.75 Å². The van der Waals surface area contributed by atoms with Gasteiger partial charge in [-0.3, -0.25) is 4.79 Å². The van der Waals surface area contributed by atoms with Crippen LogP contribution in [0.25, 0.3) is 0 Å². The first-order valence-corrected chi connectivity index (χ1v) is 11.6. The Morgan fingerprint density at radius 2 is 1.70 bits per heavy atom. The summed E-state index contributed by atoms with van der Waals surface area (Å²) in [7, 11) is -2.35. The van der Waals surface area contributed by atoms with Crippen molar-refractivity contribution in [2.45, 2.75) is 30.6 Å². The molecule has 0 saturated carbocycles. The predicted octanol–water partition coefficient (Wildman–Crippen LogP) is 1.28. The maximum atomic E-state index is 13.0. The number of ether oxygens (including phenoxy) is 3. The lowest BCUT2D eigenvalue weighted by atomic mass is 10.2. The molecule has 0 radical (unpaired) electrons. The molecular weight excluding hydrogens is 412 g/mol. The van der Waals surface area contributed by atoms with Gasteiger partial charge in [-0.15, -0.1) is 0 Å². The monoisotopic (exact) mass is 440 g/mol. The summed E-state index contributed by atoms with van der Waals surface area (Å²) in [6.45, 7) is 2.29. The Morgan fingerprint density at radius 3 is 2.33 bits per heavy atom. The molecule has 1 aromatic carbocycles. The molecule has 166 valence electrons. The van der Waals surface area contributed by atoms with Gasteiger partial charge in [-0.05, 0) is 31.0 Å². The van der Waals surface area contributed by atoms with Crippen LogP contribution in [0.2, 0.25) is 0 Å². The number of esters is 1. The first kappa shape index (κ1) is 22.5. The zero-order valence-corrected chi connectivity index (χ0v) is 18.0. The fourth-order valence-corrected chi connectivity index (χ4v) is 5.09. The van der Waals surface area contributed by atoms with E-state index in [1.807, 2.05) is 0 Å². The number of benzene rings is 1. The summed E-state index contributed by atoms with van der Waals surface area (Å²) in [5.74, 6) is -0.936. The van der Waals surface area contributed by atoms with Crippen molar-refractivity contribution in [1.82, 2.24) is 9.21 Å². The third-order valence-electron chi connectivity index (χ3n) is 5.28. The van der Waals surface area contributed by atoms with Gasteiger partial charge in [0, 0.05) is 26.2 Å². The van der Waals surface area contributed by atoms with Crippen LogP contribution in [0.4, 0.5) is 0 Å². The lowest BCUT2D eigenvalue weighted by Crippen LogP contribution is -2.42. The number of sulfonamides is 1. The smallest absolute Gasteiger partial charge is 0.342 e. The van der Waals surface area contributed by atoms with E-state index in [0.717, 1.165) is 25.7 Å². The number of hydrogen-bond acceptors (Lipinski definition) is 7. The molecule has 0 aromatic heterocycles. The van der Waals surface area contributed by atoms with Gasteiger partial charge in [0.15, 0.2) is 6.61 Å². The van der Waals surface area contributed by atoms with Crippen molar-refractivity contribution < 1.29 is 32.2 Å². The molecule has 30 heavy (non-hydrogen) atoms. The van der Waals surface area contributed by atoms with Gasteiger partial charge >= 0.3 is 5.97 Å². The van der Waals surface area contributed by atoms with E-state index in [-0.39, 0.29) is 22.1 Å². The third kappa shape index (κ3) is 5.30. The van der Waals surface area contributed by atoms with Gasteiger partial charge in [0.25, 0.3) is 5.91 Å². The minimum absolute atomic E-state index is 0.0108. The first-order chi connectivity index (χ1) is 14.4. The Morgan fingerprint density at radius 1 is 1.03 bits per heavy atom. The number of methoxy groups -OCH3 is 1. The number of carbonyl (C=O) groups excluding carboxylic acids is 2. The summed E-state index contributed by atoms with van der Waals surface area (Å²) >= 11 is 0. The van der Waals surface area contributed by atoms with E-state index in [1.54, 1.807) is 4.90 Å². The van der Waals surface area contributed by atoms with Crippen molar-refractivity contribution >= 4 is 21.9 Å². The summed E-state index contributed by atoms with van der Waals surface area (Å²) in [4.78, 5) is 26.4. The molecule has 0 atom stereocenters. The predicted molar refractivity (Wildman–Crippen MR) is 108 cm³/mol. The Balaban J connectivity index is 1.74. The minimum atomic E-state index is -3.73. The summed E-state index contributed by atoms with van der Waals surface area (Å²) < 4.78 is 43.1. The van der Waals surface area contributed by atoms with Gasteiger partial charge in [0.05, 0.1) is 25.2 Å². The van der Waals surface area contributed by atoms with Gasteiger partial charge < -0.3 is 19.1 Å². The molecule has 2 fully saturated rings. The molecule has 10 heteroatoms. The SMILES string of the molecule is COc1ccc(S(=O)(=O)N2CCCCCC2)cc1C(=O)OCC(=O)N1CCOCC1. The fraction of sp³-hybridized carbons (Fsp3) is 0.600. The molecule has 2 heterocycles. The number of rotatable bonds is 6. The highest BCUT2D eigenvalue weighted by molar-refractivity contribution is 7.89. The van der Waals surface area contributed by atoms with Crippen LogP contribution in [0, 0.1) is 0 Å². The van der Waals surface area contributed by atoms with Crippen LogP contribution >= 0.6 is 0 Å². The normalized spacial score (nSPS) is 18.5. The molecule has 0 unspecified atom stereocenters. The highest BCUT2D eigenvalue weighted by atomic mass is 32.2. The molecule has 2 aliphatic rings. The number of carbonyl (C=O) groups is 2. The number of morpholine rings is 1. The van der Waals surface area contributed by atoms with Crippen LogP contribution in [0.1, 0.15) is 36.0 Å². The zero-order chi connectivity index (χ0) is 21.6. The molecule has 1 aromatic rings. The van der Waals surface area contributed by atoms with Gasteiger partial charge in [0.1, 0.15) is 11.3 Å². The average Bonchev–Trinajstić information content (AvgIpc) is 3.07. The summed E-state index contributed by atoms with van der Waals surface area (Å²) in [5, 5.41) is 0. The van der Waals surface area contributed by atoms with E-state index in [1.165, 1.54) is 29.6 Å². The van der Waals surface area contributed by atoms with Crippen molar-refractivity contribution in [2.24, 2.45) is 0 Å². The maximum Gasteiger partial charge on any atom is 0.342 e. The van der Waals surface area contributed by atoms with Crippen LogP contribution in [0.15, 0.2) is 23.1 Å². The molecule has 0 aliphatic carbocycles. The van der Waals surface area contributed by atoms with Crippen LogP contribution < -0.4 is 4.74 Å². The molecule has 3 rings (SSSR count). The molecule has 2 aliphatic heterocycles. The maximum absolute atomic E-state index is 13.0. The van der Waals surface area contributed by atoms with Crippen LogP contribution in [0.3, 0.4) is 0 Å². The number of nitrogens with zero attached hydrogens (tertiary/aromatic N) is 2. The number of amides is 1. The summed E-state index contributed by atoms with van der Waals surface area (Å²) in [5.41, 5.74) is -0.0248. The van der Waals surface area contributed by atoms with Crippen molar-refractivity contribution in [3.63, 3.8) is 0 Å². The summed E-state index contributed by atoms with van der Waals surface area (Å²) in [6, 6.07) is 4.13. The van der Waals surface area contributed by atoms with E-state index >= 15 is 0 Å². The highest BCUT2D eigenvalue weighted by Crippen LogP contribution is 2.26. The molecule has 9 nitrogen and oxygen atoms in total. The van der Waals surface area contributed by atoms with E-state index in [9.17, 15) is 18.0 Å². The Hall–Kier alpha value is -2.17.